The molecule has 0 aliphatic heterocycles. The molecule has 9 heteroatoms. The molecule has 1 unspecified atom stereocenters. The number of nitrogens with zero attached hydrogens (tertiary/aromatic N) is 1. The molecule has 0 fully saturated rings. The van der Waals surface area contributed by atoms with Crippen molar-refractivity contribution in [3.05, 3.63) is 23.9 Å². The van der Waals surface area contributed by atoms with E-state index in [-0.39, 0.29) is 6.61 Å². The van der Waals surface area contributed by atoms with Crippen LogP contribution in [0.3, 0.4) is 0 Å². The maximum absolute atomic E-state index is 12.1. The van der Waals surface area contributed by atoms with Gasteiger partial charge in [0.2, 0.25) is 0 Å². The van der Waals surface area contributed by atoms with Gasteiger partial charge in [-0.2, -0.15) is 13.2 Å². The van der Waals surface area contributed by atoms with Crippen LogP contribution in [-0.2, 0) is 16.6 Å². The van der Waals surface area contributed by atoms with Crippen molar-refractivity contribution in [3.63, 3.8) is 0 Å². The Kier molecular flexibility index (Phi) is 4.88. The van der Waals surface area contributed by atoms with E-state index in [1.165, 1.54) is 6.07 Å². The van der Waals surface area contributed by atoms with Crippen LogP contribution >= 0.6 is 0 Å². The highest BCUT2D eigenvalue weighted by molar-refractivity contribution is 7.89. The number of pyridine rings is 1. The Labute approximate surface area is 108 Å². The van der Waals surface area contributed by atoms with Gasteiger partial charge in [0.15, 0.2) is 5.03 Å². The van der Waals surface area contributed by atoms with E-state index < -0.39 is 33.7 Å². The first-order valence-electron chi connectivity index (χ1n) is 5.29. The first-order chi connectivity index (χ1) is 8.64. The van der Waals surface area contributed by atoms with Crippen molar-refractivity contribution in [1.29, 1.82) is 0 Å². The van der Waals surface area contributed by atoms with Crippen LogP contribution in [0.4, 0.5) is 13.2 Å². The molecule has 1 aromatic rings. The number of nitrogens with one attached hydrogen (secondary N) is 1. The number of aliphatic hydroxyl groups excluding tert-OH is 1. The number of alkyl halides is 3. The van der Waals surface area contributed by atoms with Gasteiger partial charge in [0.1, 0.15) is 0 Å². The van der Waals surface area contributed by atoms with Crippen molar-refractivity contribution >= 4 is 10.0 Å². The van der Waals surface area contributed by atoms with E-state index in [0.717, 1.165) is 19.2 Å². The van der Waals surface area contributed by atoms with Gasteiger partial charge in [-0.25, -0.2) is 18.1 Å². The maximum Gasteiger partial charge on any atom is 0.390 e. The molecule has 1 atom stereocenters. The summed E-state index contributed by atoms with van der Waals surface area (Å²) in [6, 6.07) is 1.16. The lowest BCUT2D eigenvalue weighted by Crippen LogP contribution is -2.36. The second kappa shape index (κ2) is 5.85. The van der Waals surface area contributed by atoms with Crippen LogP contribution in [0.15, 0.2) is 23.4 Å². The molecule has 0 spiro atoms. The zero-order valence-corrected chi connectivity index (χ0v) is 10.8. The van der Waals surface area contributed by atoms with Gasteiger partial charge in [-0.05, 0) is 18.6 Å². The highest BCUT2D eigenvalue weighted by atomic mass is 32.2. The van der Waals surface area contributed by atoms with E-state index >= 15 is 0 Å². The number of hydrogen-bond donors (Lipinski definition) is 2. The van der Waals surface area contributed by atoms with Gasteiger partial charge >= 0.3 is 6.18 Å². The molecule has 0 saturated carbocycles. The van der Waals surface area contributed by atoms with Crippen molar-refractivity contribution < 1.29 is 26.7 Å². The van der Waals surface area contributed by atoms with Crippen molar-refractivity contribution in [2.24, 2.45) is 0 Å². The van der Waals surface area contributed by atoms with Crippen LogP contribution in [0.25, 0.3) is 0 Å². The number of aromatic nitrogens is 1. The molecule has 0 radical (unpaired) electrons. The van der Waals surface area contributed by atoms with E-state index in [1.54, 1.807) is 0 Å². The minimum Gasteiger partial charge on any atom is -0.392 e. The van der Waals surface area contributed by atoms with Crippen LogP contribution < -0.4 is 4.72 Å². The summed E-state index contributed by atoms with van der Waals surface area (Å²) in [5, 5.41) is 8.38. The third-order valence-corrected chi connectivity index (χ3v) is 3.65. The summed E-state index contributed by atoms with van der Waals surface area (Å²) >= 11 is 0. The summed E-state index contributed by atoms with van der Waals surface area (Å²) in [6.45, 7) is 0.818. The van der Waals surface area contributed by atoms with Crippen LogP contribution in [0.1, 0.15) is 18.9 Å². The van der Waals surface area contributed by atoms with Crippen LogP contribution in [-0.4, -0.2) is 30.7 Å². The summed E-state index contributed by atoms with van der Waals surface area (Å²) in [7, 11) is -4.10. The number of sulfonamides is 1. The fraction of sp³-hybridized carbons (Fsp3) is 0.500. The Morgan fingerprint density at radius 2 is 2.05 bits per heavy atom. The SMILES string of the molecule is CC(CC(F)(F)F)NS(=O)(=O)c1ccc(CO)cn1. The van der Waals surface area contributed by atoms with Crippen molar-refractivity contribution in [1.82, 2.24) is 9.71 Å². The van der Waals surface area contributed by atoms with E-state index in [2.05, 4.69) is 4.98 Å². The monoisotopic (exact) mass is 298 g/mol. The molecule has 0 bridgehead atoms. The van der Waals surface area contributed by atoms with Crippen molar-refractivity contribution in [2.45, 2.75) is 37.2 Å². The largest absolute Gasteiger partial charge is 0.392 e. The predicted octanol–water partition coefficient (Wildman–Crippen LogP) is 1.19. The van der Waals surface area contributed by atoms with Gasteiger partial charge in [0.25, 0.3) is 10.0 Å². The lowest BCUT2D eigenvalue weighted by molar-refractivity contribution is -0.137. The molecule has 0 aromatic carbocycles. The molecule has 0 saturated heterocycles. The predicted molar refractivity (Wildman–Crippen MR) is 60.6 cm³/mol. The van der Waals surface area contributed by atoms with Gasteiger partial charge < -0.3 is 5.11 Å². The maximum atomic E-state index is 12.1. The van der Waals surface area contributed by atoms with E-state index in [9.17, 15) is 21.6 Å². The Bertz CT molecular complexity index is 514. The standard InChI is InChI=1S/C10H13F3N2O3S/c1-7(4-10(11,12)13)15-19(17,18)9-3-2-8(6-16)5-14-9/h2-3,5,7,15-16H,4,6H2,1H3. The smallest absolute Gasteiger partial charge is 0.390 e. The Morgan fingerprint density at radius 1 is 1.42 bits per heavy atom. The fourth-order valence-electron chi connectivity index (χ4n) is 1.38. The molecule has 1 aromatic heterocycles. The summed E-state index contributed by atoms with van der Waals surface area (Å²) in [5.41, 5.74) is 0.405. The highest BCUT2D eigenvalue weighted by Crippen LogP contribution is 2.22. The first-order valence-corrected chi connectivity index (χ1v) is 6.77. The second-order valence-corrected chi connectivity index (χ2v) is 5.67. The van der Waals surface area contributed by atoms with Gasteiger partial charge in [0, 0.05) is 12.2 Å². The lowest BCUT2D eigenvalue weighted by atomic mass is 10.2. The number of aliphatic hydroxyl groups is 1. The zero-order chi connectivity index (χ0) is 14.7. The Balaban J connectivity index is 2.80. The average Bonchev–Trinajstić information content (AvgIpc) is 2.25. The van der Waals surface area contributed by atoms with Gasteiger partial charge in [-0.3, -0.25) is 0 Å². The van der Waals surface area contributed by atoms with Crippen LogP contribution in [0.2, 0.25) is 0 Å². The third kappa shape index (κ3) is 5.13. The number of halogens is 3. The molecule has 0 aliphatic carbocycles. The summed E-state index contributed by atoms with van der Waals surface area (Å²) < 4.78 is 61.7. The normalized spacial score (nSPS) is 14.4. The van der Waals surface area contributed by atoms with Gasteiger partial charge in [-0.1, -0.05) is 6.07 Å². The molecule has 19 heavy (non-hydrogen) atoms. The molecule has 0 aliphatic rings. The van der Waals surface area contributed by atoms with Gasteiger partial charge in [0.05, 0.1) is 13.0 Å². The number of rotatable bonds is 5. The molecular weight excluding hydrogens is 285 g/mol. The molecule has 2 N–H and O–H groups in total. The van der Waals surface area contributed by atoms with E-state index in [0.29, 0.717) is 5.56 Å². The Morgan fingerprint density at radius 3 is 2.47 bits per heavy atom. The summed E-state index contributed by atoms with van der Waals surface area (Å²) in [6.07, 6.45) is -4.57. The topological polar surface area (TPSA) is 79.3 Å². The Hall–Kier alpha value is -1.19. The van der Waals surface area contributed by atoms with Crippen molar-refractivity contribution in [3.8, 4) is 0 Å². The summed E-state index contributed by atoms with van der Waals surface area (Å²) in [5.74, 6) is 0. The van der Waals surface area contributed by atoms with Gasteiger partial charge in [-0.15, -0.1) is 0 Å². The summed E-state index contributed by atoms with van der Waals surface area (Å²) in [4.78, 5) is 3.58. The van der Waals surface area contributed by atoms with E-state index in [1.807, 2.05) is 4.72 Å². The minimum atomic E-state index is -4.45. The highest BCUT2D eigenvalue weighted by Gasteiger charge is 2.32. The quantitative estimate of drug-likeness (QED) is 0.856. The van der Waals surface area contributed by atoms with Crippen LogP contribution in [0, 0.1) is 0 Å². The van der Waals surface area contributed by atoms with E-state index in [4.69, 9.17) is 5.11 Å². The molecule has 5 nitrogen and oxygen atoms in total. The fourth-order valence-corrected chi connectivity index (χ4v) is 2.55. The average molecular weight is 298 g/mol. The lowest BCUT2D eigenvalue weighted by Gasteiger charge is -2.15. The molecule has 0 amide bonds. The van der Waals surface area contributed by atoms with Crippen LogP contribution in [0.5, 0.6) is 0 Å². The first kappa shape index (κ1) is 15.9. The molecule has 108 valence electrons. The number of hydrogen-bond acceptors (Lipinski definition) is 4. The minimum absolute atomic E-state index is 0.300. The zero-order valence-electron chi connectivity index (χ0n) is 9.98. The molecule has 1 heterocycles. The van der Waals surface area contributed by atoms with Crippen molar-refractivity contribution in [2.75, 3.05) is 0 Å². The molecular formula is C10H13F3N2O3S. The third-order valence-electron chi connectivity index (χ3n) is 2.15. The molecule has 1 rings (SSSR count). The second-order valence-electron chi connectivity index (χ2n) is 4.00.